The highest BCUT2D eigenvalue weighted by atomic mass is 35.5. The van der Waals surface area contributed by atoms with E-state index >= 15 is 0 Å². The van der Waals surface area contributed by atoms with E-state index in [1.165, 1.54) is 0 Å². The Labute approximate surface area is 71.8 Å². The lowest BCUT2D eigenvalue weighted by molar-refractivity contribution is -0.173. The van der Waals surface area contributed by atoms with Crippen LogP contribution in [0.5, 0.6) is 0 Å². The predicted molar refractivity (Wildman–Crippen MR) is 35.7 cm³/mol. The Morgan fingerprint density at radius 3 is 2.50 bits per heavy atom. The fourth-order valence-corrected chi connectivity index (χ4v) is 0.501. The summed E-state index contributed by atoms with van der Waals surface area (Å²) in [6, 6.07) is -0.109. The number of hydrogen-bond donors (Lipinski definition) is 1. The number of ether oxygens (including phenoxy) is 1. The van der Waals surface area contributed by atoms with Crippen LogP contribution in [-0.4, -0.2) is 31.3 Å². The number of alkyl halides is 4. The zero-order valence-corrected chi connectivity index (χ0v) is 6.71. The highest BCUT2D eigenvalue weighted by Crippen LogP contribution is 2.13. The van der Waals surface area contributed by atoms with Crippen LogP contribution in [-0.2, 0) is 9.53 Å². The van der Waals surface area contributed by atoms with Gasteiger partial charge in [0.2, 0.25) is 0 Å². The molecule has 0 saturated heterocycles. The van der Waals surface area contributed by atoms with Crippen molar-refractivity contribution in [3.8, 4) is 0 Å². The molecule has 0 fully saturated rings. The first kappa shape index (κ1) is 11.5. The minimum Gasteiger partial charge on any atom is -0.364 e. The molecule has 0 aromatic heterocycles. The number of carbonyl (C=O) groups excluding carboxylic acids is 1. The standard InChI is InChI=1S/C5H7ClF3NO2/c6-3-12-2-1-10-4(11)5(7,8)9/h1-3H2,(H,10,11). The van der Waals surface area contributed by atoms with Gasteiger partial charge in [-0.3, -0.25) is 4.79 Å². The highest BCUT2D eigenvalue weighted by Gasteiger charge is 2.38. The van der Waals surface area contributed by atoms with Crippen LogP contribution in [0.15, 0.2) is 0 Å². The maximum atomic E-state index is 11.5. The summed E-state index contributed by atoms with van der Waals surface area (Å²) < 4.78 is 38.9. The summed E-state index contributed by atoms with van der Waals surface area (Å²) in [5.41, 5.74) is 0. The van der Waals surface area contributed by atoms with Crippen LogP contribution < -0.4 is 5.32 Å². The molecule has 7 heteroatoms. The fraction of sp³-hybridized carbons (Fsp3) is 0.800. The first-order valence-corrected chi connectivity index (χ1v) is 3.50. The average Bonchev–Trinajstić information content (AvgIpc) is 1.96. The largest absolute Gasteiger partial charge is 0.471 e. The zero-order chi connectivity index (χ0) is 9.61. The lowest BCUT2D eigenvalue weighted by atomic mass is 10.5. The number of halogens is 4. The molecule has 0 radical (unpaired) electrons. The van der Waals surface area contributed by atoms with Crippen LogP contribution >= 0.6 is 11.6 Å². The van der Waals surface area contributed by atoms with E-state index in [1.54, 1.807) is 5.32 Å². The van der Waals surface area contributed by atoms with Gasteiger partial charge in [0.1, 0.15) is 6.07 Å². The lowest BCUT2D eigenvalue weighted by Crippen LogP contribution is -2.38. The van der Waals surface area contributed by atoms with E-state index < -0.39 is 12.1 Å². The van der Waals surface area contributed by atoms with Gasteiger partial charge in [0.05, 0.1) is 6.61 Å². The number of nitrogens with one attached hydrogen (secondary N) is 1. The fourth-order valence-electron chi connectivity index (χ4n) is 0.392. The number of rotatable bonds is 4. The SMILES string of the molecule is O=C(NCCOCCl)C(F)(F)F. The molecule has 1 N–H and O–H groups in total. The minimum atomic E-state index is -4.83. The number of hydrogen-bond acceptors (Lipinski definition) is 2. The second-order valence-electron chi connectivity index (χ2n) is 1.77. The molecule has 0 spiro atoms. The Kier molecular flexibility index (Phi) is 5.00. The first-order chi connectivity index (χ1) is 5.48. The Balaban J connectivity index is 3.45. The van der Waals surface area contributed by atoms with Gasteiger partial charge in [-0.2, -0.15) is 13.2 Å². The summed E-state index contributed by atoms with van der Waals surface area (Å²) in [7, 11) is 0. The van der Waals surface area contributed by atoms with E-state index in [9.17, 15) is 18.0 Å². The Morgan fingerprint density at radius 1 is 1.50 bits per heavy atom. The summed E-state index contributed by atoms with van der Waals surface area (Å²) in [5, 5.41) is 1.61. The second-order valence-corrected chi connectivity index (χ2v) is 1.99. The summed E-state index contributed by atoms with van der Waals surface area (Å²) in [5.74, 6) is -1.97. The van der Waals surface area contributed by atoms with Gasteiger partial charge in [-0.1, -0.05) is 11.6 Å². The summed E-state index contributed by atoms with van der Waals surface area (Å²) >= 11 is 5.05. The van der Waals surface area contributed by atoms with Crippen molar-refractivity contribution < 1.29 is 22.7 Å². The third kappa shape index (κ3) is 5.20. The Hall–Kier alpha value is -0.490. The minimum absolute atomic E-state index is 0.0364. The molecular weight excluding hydrogens is 199 g/mol. The maximum Gasteiger partial charge on any atom is 0.471 e. The van der Waals surface area contributed by atoms with E-state index in [0.29, 0.717) is 0 Å². The van der Waals surface area contributed by atoms with Gasteiger partial charge in [0.25, 0.3) is 0 Å². The van der Waals surface area contributed by atoms with Crippen molar-refractivity contribution in [2.24, 2.45) is 0 Å². The highest BCUT2D eigenvalue weighted by molar-refractivity contribution is 6.17. The van der Waals surface area contributed by atoms with Gasteiger partial charge < -0.3 is 10.1 Å². The predicted octanol–water partition coefficient (Wildman–Crippen LogP) is 0.878. The lowest BCUT2D eigenvalue weighted by Gasteiger charge is -2.06. The third-order valence-electron chi connectivity index (χ3n) is 0.867. The van der Waals surface area contributed by atoms with Crippen LogP contribution in [0.4, 0.5) is 13.2 Å². The van der Waals surface area contributed by atoms with Crippen LogP contribution in [0.2, 0.25) is 0 Å². The van der Waals surface area contributed by atoms with Crippen molar-refractivity contribution in [2.45, 2.75) is 6.18 Å². The molecule has 0 aliphatic heterocycles. The molecule has 1 amide bonds. The second kappa shape index (κ2) is 5.21. The molecule has 0 heterocycles. The van der Waals surface area contributed by atoms with Crippen molar-refractivity contribution in [2.75, 3.05) is 19.2 Å². The van der Waals surface area contributed by atoms with E-state index in [2.05, 4.69) is 4.74 Å². The van der Waals surface area contributed by atoms with E-state index in [4.69, 9.17) is 11.6 Å². The van der Waals surface area contributed by atoms with Crippen LogP contribution in [0.25, 0.3) is 0 Å². The Bertz CT molecular complexity index is 150. The monoisotopic (exact) mass is 205 g/mol. The molecule has 0 aliphatic carbocycles. The quantitative estimate of drug-likeness (QED) is 0.547. The molecule has 0 rings (SSSR count). The van der Waals surface area contributed by atoms with Crippen molar-refractivity contribution in [1.29, 1.82) is 0 Å². The first-order valence-electron chi connectivity index (χ1n) is 2.97. The molecule has 0 unspecified atom stereocenters. The molecule has 3 nitrogen and oxygen atoms in total. The van der Waals surface area contributed by atoms with Crippen LogP contribution in [0.1, 0.15) is 0 Å². The van der Waals surface area contributed by atoms with E-state index in [1.807, 2.05) is 0 Å². The van der Waals surface area contributed by atoms with Gasteiger partial charge in [-0.15, -0.1) is 0 Å². The van der Waals surface area contributed by atoms with Crippen LogP contribution in [0.3, 0.4) is 0 Å². The van der Waals surface area contributed by atoms with Gasteiger partial charge in [-0.25, -0.2) is 0 Å². The number of carbonyl (C=O) groups is 1. The molecular formula is C5H7ClF3NO2. The van der Waals surface area contributed by atoms with E-state index in [0.717, 1.165) is 0 Å². The smallest absolute Gasteiger partial charge is 0.364 e. The van der Waals surface area contributed by atoms with Gasteiger partial charge >= 0.3 is 12.1 Å². The van der Waals surface area contributed by atoms with Gasteiger partial charge in [-0.05, 0) is 0 Å². The number of amides is 1. The summed E-state index contributed by atoms with van der Waals surface area (Å²) in [4.78, 5) is 10.1. The van der Waals surface area contributed by atoms with Crippen molar-refractivity contribution in [3.05, 3.63) is 0 Å². The van der Waals surface area contributed by atoms with Crippen molar-refractivity contribution in [3.63, 3.8) is 0 Å². The van der Waals surface area contributed by atoms with Gasteiger partial charge in [0.15, 0.2) is 0 Å². The molecule has 0 aliphatic rings. The summed E-state index contributed by atoms with van der Waals surface area (Å²) in [6.45, 7) is -0.240. The average molecular weight is 206 g/mol. The normalized spacial score (nSPS) is 11.3. The van der Waals surface area contributed by atoms with Crippen molar-refractivity contribution in [1.82, 2.24) is 5.32 Å². The molecule has 72 valence electrons. The molecule has 12 heavy (non-hydrogen) atoms. The molecule has 0 saturated carbocycles. The molecule has 0 aromatic rings. The maximum absolute atomic E-state index is 11.5. The van der Waals surface area contributed by atoms with Crippen LogP contribution in [0, 0.1) is 0 Å². The van der Waals surface area contributed by atoms with Crippen molar-refractivity contribution >= 4 is 17.5 Å². The zero-order valence-electron chi connectivity index (χ0n) is 5.95. The molecule has 0 aromatic carbocycles. The topological polar surface area (TPSA) is 38.3 Å². The molecule has 0 bridgehead atoms. The molecule has 0 atom stereocenters. The Morgan fingerprint density at radius 2 is 2.08 bits per heavy atom. The van der Waals surface area contributed by atoms with Gasteiger partial charge in [0, 0.05) is 6.54 Å². The summed E-state index contributed by atoms with van der Waals surface area (Å²) in [6.07, 6.45) is -4.83. The third-order valence-corrected chi connectivity index (χ3v) is 1.02. The van der Waals surface area contributed by atoms with E-state index in [-0.39, 0.29) is 19.2 Å².